The maximum Gasteiger partial charge on any atom is 0.411 e. The summed E-state index contributed by atoms with van der Waals surface area (Å²) in [6.07, 6.45) is 1.89. The molecule has 1 fully saturated rings. The number of hydrogen-bond donors (Lipinski definition) is 1. The van der Waals surface area contributed by atoms with E-state index in [2.05, 4.69) is 44.3 Å². The molecule has 1 aliphatic heterocycles. The lowest BCUT2D eigenvalue weighted by Crippen LogP contribution is -2.54. The molecule has 0 radical (unpaired) electrons. The number of anilines is 1. The number of nitrogens with one attached hydrogen (secondary N) is 1. The molecule has 31 heavy (non-hydrogen) atoms. The van der Waals surface area contributed by atoms with Crippen molar-refractivity contribution in [1.29, 1.82) is 0 Å². The fourth-order valence-corrected chi connectivity index (χ4v) is 5.23. The van der Waals surface area contributed by atoms with Crippen LogP contribution in [-0.2, 0) is 9.47 Å². The van der Waals surface area contributed by atoms with Crippen LogP contribution in [0.1, 0.15) is 32.4 Å². The first-order valence-electron chi connectivity index (χ1n) is 10.9. The minimum absolute atomic E-state index is 0.0177. The number of para-hydroxylation sites is 1. The van der Waals surface area contributed by atoms with E-state index in [9.17, 15) is 4.79 Å². The molecule has 1 N–H and O–H groups in total. The van der Waals surface area contributed by atoms with Gasteiger partial charge < -0.3 is 14.2 Å². The summed E-state index contributed by atoms with van der Waals surface area (Å²) in [4.78, 5) is 12.4. The van der Waals surface area contributed by atoms with Crippen LogP contribution in [0.3, 0.4) is 0 Å². The Bertz CT molecular complexity index is 940. The van der Waals surface area contributed by atoms with E-state index >= 15 is 0 Å². The molecule has 2 aromatic rings. The maximum atomic E-state index is 12.4. The van der Waals surface area contributed by atoms with Crippen LogP contribution < -0.4 is 10.1 Å². The van der Waals surface area contributed by atoms with Crippen LogP contribution in [0.25, 0.3) is 0 Å². The molecular weight excluding hydrogens is 390 g/mol. The highest BCUT2D eigenvalue weighted by Crippen LogP contribution is 2.56. The lowest BCUT2D eigenvalue weighted by molar-refractivity contribution is -0.165. The number of ether oxygens (including phenoxy) is 3. The average Bonchev–Trinajstić information content (AvgIpc) is 2.77. The zero-order valence-corrected chi connectivity index (χ0v) is 18.6. The molecule has 0 aromatic heterocycles. The van der Waals surface area contributed by atoms with Gasteiger partial charge in [-0.3, -0.25) is 5.32 Å². The van der Waals surface area contributed by atoms with E-state index in [1.165, 1.54) is 5.57 Å². The maximum absolute atomic E-state index is 12.4. The van der Waals surface area contributed by atoms with Gasteiger partial charge in [-0.05, 0) is 48.6 Å². The molecule has 2 aliphatic rings. The number of methoxy groups -OCH3 is 1. The summed E-state index contributed by atoms with van der Waals surface area (Å²) >= 11 is 0. The van der Waals surface area contributed by atoms with Gasteiger partial charge in [0.1, 0.15) is 12.4 Å². The largest absolute Gasteiger partial charge is 0.497 e. The van der Waals surface area contributed by atoms with E-state index in [1.807, 2.05) is 42.5 Å². The lowest BCUT2D eigenvalue weighted by atomic mass is 9.56. The lowest BCUT2D eigenvalue weighted by Gasteiger charge is -2.55. The van der Waals surface area contributed by atoms with E-state index in [-0.39, 0.29) is 23.4 Å². The van der Waals surface area contributed by atoms with Gasteiger partial charge in [-0.1, -0.05) is 55.8 Å². The molecule has 0 spiro atoms. The molecule has 1 heterocycles. The van der Waals surface area contributed by atoms with E-state index in [1.54, 1.807) is 7.11 Å². The van der Waals surface area contributed by atoms with Crippen molar-refractivity contribution in [2.24, 2.45) is 23.2 Å². The molecule has 1 amide bonds. The summed E-state index contributed by atoms with van der Waals surface area (Å²) in [6.45, 7) is 7.53. The van der Waals surface area contributed by atoms with E-state index < -0.39 is 6.09 Å². The molecule has 1 aliphatic carbocycles. The fraction of sp³-hybridized carbons (Fsp3) is 0.423. The number of carbonyl (C=O) groups excluding carboxylic acids is 1. The van der Waals surface area contributed by atoms with Crippen LogP contribution in [-0.4, -0.2) is 26.4 Å². The Hall–Kier alpha value is -2.79. The average molecular weight is 422 g/mol. The molecule has 0 unspecified atom stereocenters. The van der Waals surface area contributed by atoms with Crippen LogP contribution in [0, 0.1) is 23.2 Å². The second-order valence-electron chi connectivity index (χ2n) is 8.82. The van der Waals surface area contributed by atoms with Gasteiger partial charge in [0.05, 0.1) is 19.8 Å². The number of amides is 1. The molecular formula is C26H31NO4. The van der Waals surface area contributed by atoms with Gasteiger partial charge in [-0.2, -0.15) is 0 Å². The molecule has 2 bridgehead atoms. The number of benzene rings is 2. The molecule has 164 valence electrons. The third kappa shape index (κ3) is 4.07. The Morgan fingerprint density at radius 3 is 2.52 bits per heavy atom. The molecule has 5 atom stereocenters. The summed E-state index contributed by atoms with van der Waals surface area (Å²) in [7, 11) is 1.67. The second kappa shape index (κ2) is 8.75. The topological polar surface area (TPSA) is 56.8 Å². The van der Waals surface area contributed by atoms with Crippen molar-refractivity contribution in [3.05, 3.63) is 71.8 Å². The predicted molar refractivity (Wildman–Crippen MR) is 121 cm³/mol. The molecule has 4 rings (SSSR count). The normalized spacial score (nSPS) is 29.6. The van der Waals surface area contributed by atoms with Gasteiger partial charge in [-0.15, -0.1) is 0 Å². The van der Waals surface area contributed by atoms with Gasteiger partial charge in [0, 0.05) is 17.0 Å². The minimum atomic E-state index is -0.430. The second-order valence-corrected chi connectivity index (χ2v) is 8.82. The first kappa shape index (κ1) is 21.4. The third-order valence-corrected chi connectivity index (χ3v) is 7.19. The van der Waals surface area contributed by atoms with Crippen molar-refractivity contribution < 1.29 is 19.0 Å². The highest BCUT2D eigenvalue weighted by atomic mass is 16.6. The Morgan fingerprint density at radius 1 is 1.13 bits per heavy atom. The monoisotopic (exact) mass is 421 g/mol. The molecule has 0 saturated carbocycles. The van der Waals surface area contributed by atoms with E-state index in [4.69, 9.17) is 14.2 Å². The van der Waals surface area contributed by atoms with Crippen molar-refractivity contribution in [3.63, 3.8) is 0 Å². The number of carbonyl (C=O) groups is 1. The van der Waals surface area contributed by atoms with Crippen molar-refractivity contribution in [1.82, 2.24) is 0 Å². The smallest absolute Gasteiger partial charge is 0.411 e. The van der Waals surface area contributed by atoms with Gasteiger partial charge in [0.2, 0.25) is 0 Å². The predicted octanol–water partition coefficient (Wildman–Crippen LogP) is 5.85. The Balaban J connectivity index is 1.51. The van der Waals surface area contributed by atoms with Crippen molar-refractivity contribution in [2.75, 3.05) is 25.6 Å². The van der Waals surface area contributed by atoms with Crippen LogP contribution in [0.5, 0.6) is 5.75 Å². The zero-order valence-electron chi connectivity index (χ0n) is 18.6. The highest BCUT2D eigenvalue weighted by Gasteiger charge is 2.54. The van der Waals surface area contributed by atoms with Crippen LogP contribution in [0.15, 0.2) is 66.2 Å². The van der Waals surface area contributed by atoms with Gasteiger partial charge in [0.15, 0.2) is 0 Å². The summed E-state index contributed by atoms with van der Waals surface area (Å²) < 4.78 is 17.5. The number of hydrogen-bond acceptors (Lipinski definition) is 4. The van der Waals surface area contributed by atoms with Gasteiger partial charge in [0.25, 0.3) is 0 Å². The Labute approximate surface area is 184 Å². The third-order valence-electron chi connectivity index (χ3n) is 7.19. The van der Waals surface area contributed by atoms with Crippen LogP contribution in [0.4, 0.5) is 10.5 Å². The molecule has 5 nitrogen and oxygen atoms in total. The SMILES string of the molecule is COc1ccc([C@H]2OC[C@]3(COC(=O)Nc4ccccc4)[C@@H](C)C=C(C)[C@@H]2[C@@H]3C)cc1. The van der Waals surface area contributed by atoms with Crippen LogP contribution >= 0.6 is 0 Å². The molecule has 5 heteroatoms. The first-order valence-corrected chi connectivity index (χ1v) is 10.9. The highest BCUT2D eigenvalue weighted by molar-refractivity contribution is 5.84. The Morgan fingerprint density at radius 2 is 1.84 bits per heavy atom. The van der Waals surface area contributed by atoms with E-state index in [0.29, 0.717) is 19.1 Å². The van der Waals surface area contributed by atoms with Crippen molar-refractivity contribution in [3.8, 4) is 5.75 Å². The molecule has 2 aromatic carbocycles. The van der Waals surface area contributed by atoms with Crippen molar-refractivity contribution >= 4 is 11.8 Å². The van der Waals surface area contributed by atoms with Gasteiger partial charge in [-0.25, -0.2) is 4.79 Å². The first-order chi connectivity index (χ1) is 14.9. The fourth-order valence-electron chi connectivity index (χ4n) is 5.23. The number of fused-ring (bicyclic) bond motifs is 2. The standard InChI is InChI=1S/C26H31NO4/c1-17-14-18(2)26(16-31-25(28)27-21-8-6-5-7-9-21)15-30-24(23(17)19(26)3)20-10-12-22(29-4)13-11-20/h5-14,18-19,23-24H,15-16H2,1-4H3,(H,27,28)/t18-,19-,23+,24+,26-/m0/s1. The van der Waals surface area contributed by atoms with E-state index in [0.717, 1.165) is 17.0 Å². The summed E-state index contributed by atoms with van der Waals surface area (Å²) in [5.41, 5.74) is 2.96. The summed E-state index contributed by atoms with van der Waals surface area (Å²) in [6, 6.07) is 17.5. The zero-order chi connectivity index (χ0) is 22.0. The van der Waals surface area contributed by atoms with Gasteiger partial charge >= 0.3 is 6.09 Å². The number of rotatable bonds is 5. The summed E-state index contributed by atoms with van der Waals surface area (Å²) in [5, 5.41) is 2.81. The quantitative estimate of drug-likeness (QED) is 0.615. The van der Waals surface area contributed by atoms with Crippen LogP contribution in [0.2, 0.25) is 0 Å². The van der Waals surface area contributed by atoms with Crippen molar-refractivity contribution in [2.45, 2.75) is 26.9 Å². The molecule has 1 saturated heterocycles. The Kier molecular flexibility index (Phi) is 6.05. The number of allylic oxidation sites excluding steroid dienone is 1. The summed E-state index contributed by atoms with van der Waals surface area (Å²) in [5.74, 6) is 1.63. The minimum Gasteiger partial charge on any atom is -0.497 e.